The average molecular weight is 289 g/mol. The van der Waals surface area contributed by atoms with E-state index in [0.29, 0.717) is 0 Å². The molecule has 0 spiro atoms. The molecule has 0 aromatic heterocycles. The summed E-state index contributed by atoms with van der Waals surface area (Å²) in [5.74, 6) is -0.285. The zero-order valence-electron chi connectivity index (χ0n) is 12.7. The van der Waals surface area contributed by atoms with Crippen molar-refractivity contribution < 1.29 is 24.9 Å². The first-order chi connectivity index (χ1) is 9.30. The van der Waals surface area contributed by atoms with Crippen molar-refractivity contribution in [2.75, 3.05) is 6.61 Å². The normalized spacial score (nSPS) is 34.9. The van der Waals surface area contributed by atoms with E-state index in [2.05, 4.69) is 5.32 Å². The van der Waals surface area contributed by atoms with Gasteiger partial charge in [0.2, 0.25) is 5.91 Å². The van der Waals surface area contributed by atoms with Gasteiger partial charge in [-0.2, -0.15) is 0 Å². The van der Waals surface area contributed by atoms with Gasteiger partial charge in [-0.1, -0.05) is 20.8 Å². The van der Waals surface area contributed by atoms with Crippen LogP contribution in [0.5, 0.6) is 0 Å². The van der Waals surface area contributed by atoms with Gasteiger partial charge in [0, 0.05) is 6.92 Å². The number of aliphatic hydroxyl groups excluding tert-OH is 3. The molecule has 20 heavy (non-hydrogen) atoms. The molecule has 0 saturated carbocycles. The van der Waals surface area contributed by atoms with Crippen LogP contribution in [0.4, 0.5) is 0 Å². The smallest absolute Gasteiger partial charge is 0.217 e. The van der Waals surface area contributed by atoms with Crippen LogP contribution in [0.3, 0.4) is 0 Å². The molecule has 0 bridgehead atoms. The summed E-state index contributed by atoms with van der Waals surface area (Å²) in [6.45, 7) is 7.05. The van der Waals surface area contributed by atoms with Gasteiger partial charge >= 0.3 is 0 Å². The van der Waals surface area contributed by atoms with E-state index < -0.39 is 30.5 Å². The maximum absolute atomic E-state index is 11.4. The summed E-state index contributed by atoms with van der Waals surface area (Å²) in [4.78, 5) is 11.4. The van der Waals surface area contributed by atoms with E-state index in [-0.39, 0.29) is 17.9 Å². The maximum atomic E-state index is 11.4. The Labute approximate surface area is 120 Å². The Kier molecular flexibility index (Phi) is 5.94. The number of rotatable bonds is 5. The fraction of sp³-hybridized carbons (Fsp3) is 0.929. The standard InChI is InChI=1S/C14H27NO5/c1-5-14(4,6-2)13-10(15-8(3)17)12(19)11(18)9(7-16)20-13/h9-13,16,18-19H,5-7H2,1-4H3,(H,15,17)/t9-,10-,11+,12-,13?/m1/s1. The molecule has 1 aliphatic rings. The van der Waals surface area contributed by atoms with Crippen molar-refractivity contribution in [1.29, 1.82) is 0 Å². The number of amides is 1. The first kappa shape index (κ1) is 17.4. The molecule has 6 nitrogen and oxygen atoms in total. The highest BCUT2D eigenvalue weighted by Crippen LogP contribution is 2.38. The molecule has 1 unspecified atom stereocenters. The molecule has 1 aliphatic heterocycles. The lowest BCUT2D eigenvalue weighted by molar-refractivity contribution is -0.222. The molecule has 4 N–H and O–H groups in total. The van der Waals surface area contributed by atoms with Crippen molar-refractivity contribution in [3.8, 4) is 0 Å². The van der Waals surface area contributed by atoms with Crippen LogP contribution in [0.15, 0.2) is 0 Å². The SMILES string of the molecule is CCC(C)(CC)C1O[C@H](CO)[C@H](O)[C@H](O)[C@H]1NC(C)=O. The molecule has 1 amide bonds. The number of carbonyl (C=O) groups is 1. The van der Waals surface area contributed by atoms with Gasteiger partial charge in [-0.25, -0.2) is 0 Å². The van der Waals surface area contributed by atoms with Gasteiger partial charge in [0.05, 0.1) is 18.8 Å². The Morgan fingerprint density at radius 2 is 1.80 bits per heavy atom. The fourth-order valence-corrected chi connectivity index (χ4v) is 2.76. The largest absolute Gasteiger partial charge is 0.394 e. The summed E-state index contributed by atoms with van der Waals surface area (Å²) in [5, 5.41) is 32.2. The highest BCUT2D eigenvalue weighted by Gasteiger charge is 2.50. The third kappa shape index (κ3) is 3.31. The number of carbonyl (C=O) groups excluding carboxylic acids is 1. The molecule has 0 aromatic rings. The fourth-order valence-electron chi connectivity index (χ4n) is 2.76. The van der Waals surface area contributed by atoms with Crippen LogP contribution in [-0.2, 0) is 9.53 Å². The van der Waals surface area contributed by atoms with E-state index in [1.54, 1.807) is 0 Å². The van der Waals surface area contributed by atoms with Gasteiger partial charge in [-0.15, -0.1) is 0 Å². The number of hydrogen-bond acceptors (Lipinski definition) is 5. The quantitative estimate of drug-likeness (QED) is 0.562. The summed E-state index contributed by atoms with van der Waals surface area (Å²) < 4.78 is 5.80. The first-order valence-electron chi connectivity index (χ1n) is 7.20. The second-order valence-corrected chi connectivity index (χ2v) is 5.85. The van der Waals surface area contributed by atoms with E-state index in [9.17, 15) is 20.1 Å². The van der Waals surface area contributed by atoms with Gasteiger partial charge in [0.1, 0.15) is 18.3 Å². The van der Waals surface area contributed by atoms with Crippen molar-refractivity contribution in [1.82, 2.24) is 5.32 Å². The number of aliphatic hydroxyl groups is 3. The molecule has 5 atom stereocenters. The summed E-state index contributed by atoms with van der Waals surface area (Å²) >= 11 is 0. The molecular weight excluding hydrogens is 262 g/mol. The Morgan fingerprint density at radius 1 is 1.25 bits per heavy atom. The van der Waals surface area contributed by atoms with Crippen LogP contribution in [0.2, 0.25) is 0 Å². The minimum atomic E-state index is -1.22. The predicted molar refractivity (Wildman–Crippen MR) is 74.1 cm³/mol. The summed E-state index contributed by atoms with van der Waals surface area (Å²) in [5.41, 5.74) is -0.262. The molecule has 1 heterocycles. The van der Waals surface area contributed by atoms with Crippen LogP contribution in [-0.4, -0.2) is 58.3 Å². The maximum Gasteiger partial charge on any atom is 0.217 e. The minimum absolute atomic E-state index is 0.262. The average Bonchev–Trinajstić information content (AvgIpc) is 2.43. The van der Waals surface area contributed by atoms with E-state index in [4.69, 9.17) is 4.74 Å². The van der Waals surface area contributed by atoms with Crippen LogP contribution in [0.25, 0.3) is 0 Å². The molecule has 0 radical (unpaired) electrons. The summed E-state index contributed by atoms with van der Waals surface area (Å²) in [6, 6.07) is -0.685. The van der Waals surface area contributed by atoms with E-state index in [1.165, 1.54) is 6.92 Å². The molecule has 6 heteroatoms. The van der Waals surface area contributed by atoms with E-state index in [0.717, 1.165) is 12.8 Å². The van der Waals surface area contributed by atoms with Crippen LogP contribution in [0.1, 0.15) is 40.5 Å². The van der Waals surface area contributed by atoms with E-state index in [1.807, 2.05) is 20.8 Å². The second-order valence-electron chi connectivity index (χ2n) is 5.85. The number of ether oxygens (including phenoxy) is 1. The molecular formula is C14H27NO5. The van der Waals surface area contributed by atoms with Crippen molar-refractivity contribution in [2.45, 2.75) is 71.0 Å². The highest BCUT2D eigenvalue weighted by molar-refractivity contribution is 5.73. The monoisotopic (exact) mass is 289 g/mol. The lowest BCUT2D eigenvalue weighted by Crippen LogP contribution is -2.67. The van der Waals surface area contributed by atoms with E-state index >= 15 is 0 Å². The number of hydrogen-bond donors (Lipinski definition) is 4. The molecule has 0 aromatic carbocycles. The Bertz CT molecular complexity index is 332. The van der Waals surface area contributed by atoms with Gasteiger partial charge in [0.25, 0.3) is 0 Å². The van der Waals surface area contributed by atoms with Crippen molar-refractivity contribution in [2.24, 2.45) is 5.41 Å². The van der Waals surface area contributed by atoms with Crippen LogP contribution >= 0.6 is 0 Å². The topological polar surface area (TPSA) is 99.0 Å². The predicted octanol–water partition coefficient (Wildman–Crippen LogP) is -0.201. The first-order valence-corrected chi connectivity index (χ1v) is 7.20. The zero-order valence-corrected chi connectivity index (χ0v) is 12.7. The lowest BCUT2D eigenvalue weighted by atomic mass is 9.72. The minimum Gasteiger partial charge on any atom is -0.394 e. The molecule has 1 fully saturated rings. The lowest BCUT2D eigenvalue weighted by Gasteiger charge is -2.49. The van der Waals surface area contributed by atoms with Crippen LogP contribution in [0, 0.1) is 5.41 Å². The van der Waals surface area contributed by atoms with Crippen LogP contribution < -0.4 is 5.32 Å². The van der Waals surface area contributed by atoms with Gasteiger partial charge < -0.3 is 25.4 Å². The number of nitrogens with one attached hydrogen (secondary N) is 1. The zero-order chi connectivity index (χ0) is 15.5. The third-order valence-electron chi connectivity index (χ3n) is 4.60. The highest BCUT2D eigenvalue weighted by atomic mass is 16.5. The second kappa shape index (κ2) is 6.85. The Balaban J connectivity index is 3.09. The van der Waals surface area contributed by atoms with Gasteiger partial charge in [-0.05, 0) is 18.3 Å². The van der Waals surface area contributed by atoms with Gasteiger partial charge in [0.15, 0.2) is 0 Å². The third-order valence-corrected chi connectivity index (χ3v) is 4.60. The van der Waals surface area contributed by atoms with Gasteiger partial charge in [-0.3, -0.25) is 4.79 Å². The molecule has 0 aliphatic carbocycles. The molecule has 1 saturated heterocycles. The molecule has 1 rings (SSSR count). The molecule has 118 valence electrons. The Hall–Kier alpha value is -0.690. The Morgan fingerprint density at radius 3 is 2.20 bits per heavy atom. The summed E-state index contributed by atoms with van der Waals surface area (Å²) in [6.07, 6.45) is -2.08. The summed E-state index contributed by atoms with van der Waals surface area (Å²) in [7, 11) is 0. The van der Waals surface area contributed by atoms with Crippen molar-refractivity contribution >= 4 is 5.91 Å². The van der Waals surface area contributed by atoms with Crippen molar-refractivity contribution in [3.05, 3.63) is 0 Å². The van der Waals surface area contributed by atoms with Crippen molar-refractivity contribution in [3.63, 3.8) is 0 Å².